The van der Waals surface area contributed by atoms with Crippen LogP contribution in [0, 0.1) is 0 Å². The zero-order chi connectivity index (χ0) is 14.5. The molecule has 0 aliphatic heterocycles. The van der Waals surface area contributed by atoms with Crippen molar-refractivity contribution in [1.29, 1.82) is 0 Å². The smallest absolute Gasteiger partial charge is 0.161 e. The Kier molecular flexibility index (Phi) is 4.44. The maximum atomic E-state index is 6.15. The molecule has 0 amide bonds. The molecule has 1 saturated carbocycles. The first-order chi connectivity index (χ1) is 10.3. The number of ether oxygens (including phenoxy) is 2. The van der Waals surface area contributed by atoms with Crippen LogP contribution in [0.5, 0.6) is 11.5 Å². The molecular weight excluding hydrogens is 260 g/mol. The molecule has 110 valence electrons. The van der Waals surface area contributed by atoms with Crippen molar-refractivity contribution in [2.75, 3.05) is 7.11 Å². The fourth-order valence-corrected chi connectivity index (χ4v) is 2.94. The van der Waals surface area contributed by atoms with Crippen molar-refractivity contribution in [3.05, 3.63) is 59.7 Å². The van der Waals surface area contributed by atoms with Crippen LogP contribution < -0.4 is 9.47 Å². The van der Waals surface area contributed by atoms with E-state index in [-0.39, 0.29) is 0 Å². The zero-order valence-electron chi connectivity index (χ0n) is 12.5. The van der Waals surface area contributed by atoms with Crippen LogP contribution in [0.2, 0.25) is 0 Å². The standard InChI is InChI=1S/C19H22O2/c1-20-18-12-11-16(13-15-7-3-2-4-8-15)14-19(18)21-17-9-5-6-10-17/h2-4,7-8,11-12,14,17H,5-6,9-10,13H2,1H3. The van der Waals surface area contributed by atoms with Crippen molar-refractivity contribution in [1.82, 2.24) is 0 Å². The van der Waals surface area contributed by atoms with Crippen LogP contribution in [0.3, 0.4) is 0 Å². The molecule has 2 aromatic carbocycles. The molecule has 2 aromatic rings. The first-order valence-electron chi connectivity index (χ1n) is 7.72. The van der Waals surface area contributed by atoms with Crippen molar-refractivity contribution in [2.45, 2.75) is 38.2 Å². The molecule has 0 aromatic heterocycles. The Bertz CT molecular complexity index is 571. The molecule has 1 fully saturated rings. The molecule has 1 aliphatic carbocycles. The number of methoxy groups -OCH3 is 1. The quantitative estimate of drug-likeness (QED) is 0.797. The fraction of sp³-hybridized carbons (Fsp3) is 0.368. The van der Waals surface area contributed by atoms with Crippen molar-refractivity contribution in [3.8, 4) is 11.5 Å². The monoisotopic (exact) mass is 282 g/mol. The van der Waals surface area contributed by atoms with Gasteiger partial charge in [0.2, 0.25) is 0 Å². The first kappa shape index (κ1) is 14.0. The normalized spacial score (nSPS) is 15.1. The molecule has 1 aliphatic rings. The van der Waals surface area contributed by atoms with E-state index in [1.807, 2.05) is 12.1 Å². The third-order valence-corrected chi connectivity index (χ3v) is 4.07. The third kappa shape index (κ3) is 3.57. The maximum absolute atomic E-state index is 6.15. The highest BCUT2D eigenvalue weighted by atomic mass is 16.5. The summed E-state index contributed by atoms with van der Waals surface area (Å²) in [5, 5.41) is 0. The van der Waals surface area contributed by atoms with Gasteiger partial charge in [-0.2, -0.15) is 0 Å². The Morgan fingerprint density at radius 1 is 0.905 bits per heavy atom. The van der Waals surface area contributed by atoms with Gasteiger partial charge in [-0.3, -0.25) is 0 Å². The van der Waals surface area contributed by atoms with Gasteiger partial charge in [0.25, 0.3) is 0 Å². The van der Waals surface area contributed by atoms with E-state index < -0.39 is 0 Å². The lowest BCUT2D eigenvalue weighted by atomic mass is 10.0. The van der Waals surface area contributed by atoms with Crippen LogP contribution in [0.25, 0.3) is 0 Å². The van der Waals surface area contributed by atoms with Crippen LogP contribution in [-0.4, -0.2) is 13.2 Å². The summed E-state index contributed by atoms with van der Waals surface area (Å²) in [5.41, 5.74) is 2.57. The molecule has 2 heteroatoms. The highest BCUT2D eigenvalue weighted by Crippen LogP contribution is 2.32. The average Bonchev–Trinajstić information content (AvgIpc) is 3.02. The van der Waals surface area contributed by atoms with Gasteiger partial charge < -0.3 is 9.47 Å². The van der Waals surface area contributed by atoms with Crippen LogP contribution in [0.4, 0.5) is 0 Å². The number of rotatable bonds is 5. The van der Waals surface area contributed by atoms with Gasteiger partial charge in [-0.15, -0.1) is 0 Å². The summed E-state index contributed by atoms with van der Waals surface area (Å²) in [4.78, 5) is 0. The summed E-state index contributed by atoms with van der Waals surface area (Å²) in [5.74, 6) is 1.72. The van der Waals surface area contributed by atoms with Crippen molar-refractivity contribution in [3.63, 3.8) is 0 Å². The van der Waals surface area contributed by atoms with E-state index in [9.17, 15) is 0 Å². The Balaban J connectivity index is 1.78. The maximum Gasteiger partial charge on any atom is 0.161 e. The second-order valence-electron chi connectivity index (χ2n) is 5.67. The number of benzene rings is 2. The minimum absolute atomic E-state index is 0.353. The van der Waals surface area contributed by atoms with Gasteiger partial charge in [-0.05, 0) is 55.4 Å². The van der Waals surface area contributed by atoms with E-state index in [0.29, 0.717) is 6.10 Å². The van der Waals surface area contributed by atoms with E-state index in [4.69, 9.17) is 9.47 Å². The van der Waals surface area contributed by atoms with E-state index in [1.54, 1.807) is 7.11 Å². The first-order valence-corrected chi connectivity index (χ1v) is 7.72. The van der Waals surface area contributed by atoms with Gasteiger partial charge in [0.15, 0.2) is 11.5 Å². The lowest BCUT2D eigenvalue weighted by Crippen LogP contribution is -2.11. The lowest BCUT2D eigenvalue weighted by Gasteiger charge is -2.17. The molecular formula is C19H22O2. The predicted molar refractivity (Wildman–Crippen MR) is 85.1 cm³/mol. The van der Waals surface area contributed by atoms with Gasteiger partial charge in [0.05, 0.1) is 13.2 Å². The van der Waals surface area contributed by atoms with Crippen molar-refractivity contribution in [2.24, 2.45) is 0 Å². The molecule has 0 saturated heterocycles. The van der Waals surface area contributed by atoms with Crippen molar-refractivity contribution >= 4 is 0 Å². The molecule has 0 N–H and O–H groups in total. The molecule has 2 nitrogen and oxygen atoms in total. The van der Waals surface area contributed by atoms with Gasteiger partial charge >= 0.3 is 0 Å². The highest BCUT2D eigenvalue weighted by molar-refractivity contribution is 5.44. The highest BCUT2D eigenvalue weighted by Gasteiger charge is 2.18. The van der Waals surface area contributed by atoms with Crippen LogP contribution in [0.1, 0.15) is 36.8 Å². The summed E-state index contributed by atoms with van der Waals surface area (Å²) in [6, 6.07) is 16.8. The van der Waals surface area contributed by atoms with Gasteiger partial charge in [0.1, 0.15) is 0 Å². The molecule has 0 heterocycles. The van der Waals surface area contributed by atoms with Crippen LogP contribution >= 0.6 is 0 Å². The van der Waals surface area contributed by atoms with Crippen molar-refractivity contribution < 1.29 is 9.47 Å². The van der Waals surface area contributed by atoms with Gasteiger partial charge in [0, 0.05) is 0 Å². The lowest BCUT2D eigenvalue weighted by molar-refractivity contribution is 0.200. The molecule has 0 atom stereocenters. The molecule has 0 radical (unpaired) electrons. The topological polar surface area (TPSA) is 18.5 Å². The Morgan fingerprint density at radius 2 is 1.67 bits per heavy atom. The van der Waals surface area contributed by atoms with E-state index >= 15 is 0 Å². The molecule has 0 spiro atoms. The molecule has 0 bridgehead atoms. The molecule has 21 heavy (non-hydrogen) atoms. The van der Waals surface area contributed by atoms with Crippen LogP contribution in [0.15, 0.2) is 48.5 Å². The third-order valence-electron chi connectivity index (χ3n) is 4.07. The Morgan fingerprint density at radius 3 is 2.38 bits per heavy atom. The average molecular weight is 282 g/mol. The second-order valence-corrected chi connectivity index (χ2v) is 5.67. The summed E-state index contributed by atoms with van der Waals surface area (Å²) in [6.45, 7) is 0. The van der Waals surface area contributed by atoms with Gasteiger partial charge in [-0.1, -0.05) is 36.4 Å². The van der Waals surface area contributed by atoms with E-state index in [2.05, 4.69) is 36.4 Å². The minimum Gasteiger partial charge on any atom is -0.493 e. The Hall–Kier alpha value is -1.96. The van der Waals surface area contributed by atoms with E-state index in [1.165, 1.54) is 24.0 Å². The predicted octanol–water partition coefficient (Wildman–Crippen LogP) is 4.61. The molecule has 3 rings (SSSR count). The summed E-state index contributed by atoms with van der Waals surface area (Å²) >= 11 is 0. The second kappa shape index (κ2) is 6.66. The SMILES string of the molecule is COc1ccc(Cc2ccccc2)cc1OC1CCCC1. The number of hydrogen-bond donors (Lipinski definition) is 0. The minimum atomic E-state index is 0.353. The number of hydrogen-bond acceptors (Lipinski definition) is 2. The largest absolute Gasteiger partial charge is 0.493 e. The summed E-state index contributed by atoms with van der Waals surface area (Å²) in [7, 11) is 1.70. The van der Waals surface area contributed by atoms with E-state index in [0.717, 1.165) is 30.8 Å². The summed E-state index contributed by atoms with van der Waals surface area (Å²) < 4.78 is 11.6. The zero-order valence-corrected chi connectivity index (χ0v) is 12.5. The molecule has 0 unspecified atom stereocenters. The van der Waals surface area contributed by atoms with Gasteiger partial charge in [-0.25, -0.2) is 0 Å². The van der Waals surface area contributed by atoms with Crippen LogP contribution in [-0.2, 0) is 6.42 Å². The fourth-order valence-electron chi connectivity index (χ4n) is 2.94. The Labute approximate surface area is 126 Å². The summed E-state index contributed by atoms with van der Waals surface area (Å²) in [6.07, 6.45) is 6.14.